The van der Waals surface area contributed by atoms with Crippen LogP contribution in [0.25, 0.3) is 10.2 Å². The van der Waals surface area contributed by atoms with Crippen molar-refractivity contribution in [1.82, 2.24) is 9.97 Å². The first-order valence-electron chi connectivity index (χ1n) is 5.35. The zero-order chi connectivity index (χ0) is 11.0. The van der Waals surface area contributed by atoms with E-state index in [0.29, 0.717) is 5.88 Å². The molecule has 0 spiro atoms. The minimum atomic E-state index is 0.0603. The maximum atomic E-state index is 6.03. The molecular formula is C11H12ClN3S. The predicted molar refractivity (Wildman–Crippen MR) is 68.3 cm³/mol. The van der Waals surface area contributed by atoms with Crippen molar-refractivity contribution in [2.24, 2.45) is 0 Å². The van der Waals surface area contributed by atoms with E-state index in [1.165, 1.54) is 6.42 Å². The van der Waals surface area contributed by atoms with Gasteiger partial charge in [-0.3, -0.25) is 0 Å². The highest BCUT2D eigenvalue weighted by molar-refractivity contribution is 7.16. The minimum Gasteiger partial charge on any atom is -0.363 e. The first-order valence-corrected chi connectivity index (χ1v) is 6.77. The number of nitrogens with one attached hydrogen (secondary N) is 1. The molecule has 84 valence electrons. The number of halogens is 1. The second kappa shape index (κ2) is 3.86. The SMILES string of the molecule is ClCC1(Nc2ncnc3sccc23)CCC1. The first kappa shape index (κ1) is 10.3. The molecule has 0 aliphatic heterocycles. The number of hydrogen-bond acceptors (Lipinski definition) is 4. The van der Waals surface area contributed by atoms with Gasteiger partial charge in [-0.2, -0.15) is 0 Å². The average Bonchev–Trinajstić information content (AvgIpc) is 2.72. The van der Waals surface area contributed by atoms with Gasteiger partial charge in [0.1, 0.15) is 17.0 Å². The summed E-state index contributed by atoms with van der Waals surface area (Å²) in [5.74, 6) is 1.56. The molecule has 1 N–H and O–H groups in total. The van der Waals surface area contributed by atoms with E-state index in [2.05, 4.69) is 21.4 Å². The highest BCUT2D eigenvalue weighted by Crippen LogP contribution is 2.37. The smallest absolute Gasteiger partial charge is 0.138 e. The van der Waals surface area contributed by atoms with Crippen molar-refractivity contribution in [2.45, 2.75) is 24.8 Å². The summed E-state index contributed by atoms with van der Waals surface area (Å²) in [6, 6.07) is 2.06. The average molecular weight is 254 g/mol. The van der Waals surface area contributed by atoms with Gasteiger partial charge in [0.25, 0.3) is 0 Å². The fourth-order valence-corrected chi connectivity index (χ4v) is 3.10. The molecule has 0 saturated heterocycles. The van der Waals surface area contributed by atoms with Crippen LogP contribution in [0.1, 0.15) is 19.3 Å². The van der Waals surface area contributed by atoms with E-state index in [0.717, 1.165) is 28.9 Å². The number of alkyl halides is 1. The zero-order valence-electron chi connectivity index (χ0n) is 8.74. The van der Waals surface area contributed by atoms with E-state index in [-0.39, 0.29) is 5.54 Å². The number of anilines is 1. The molecule has 3 nitrogen and oxygen atoms in total. The molecule has 0 amide bonds. The molecule has 0 radical (unpaired) electrons. The maximum absolute atomic E-state index is 6.03. The fraction of sp³-hybridized carbons (Fsp3) is 0.455. The van der Waals surface area contributed by atoms with E-state index in [9.17, 15) is 0 Å². The van der Waals surface area contributed by atoms with Crippen LogP contribution in [-0.2, 0) is 0 Å². The first-order chi connectivity index (χ1) is 7.83. The molecule has 5 heteroatoms. The van der Waals surface area contributed by atoms with Gasteiger partial charge in [-0.25, -0.2) is 9.97 Å². The molecule has 1 saturated carbocycles. The molecule has 1 fully saturated rings. The monoisotopic (exact) mass is 253 g/mol. The highest BCUT2D eigenvalue weighted by atomic mass is 35.5. The Morgan fingerprint density at radius 3 is 3.00 bits per heavy atom. The third kappa shape index (κ3) is 1.57. The molecule has 2 aromatic heterocycles. The second-order valence-corrected chi connectivity index (χ2v) is 5.42. The molecule has 0 unspecified atom stereocenters. The van der Waals surface area contributed by atoms with Gasteiger partial charge in [0.05, 0.1) is 10.9 Å². The third-order valence-electron chi connectivity index (χ3n) is 3.21. The number of thiophene rings is 1. The summed E-state index contributed by atoms with van der Waals surface area (Å²) in [7, 11) is 0. The van der Waals surface area contributed by atoms with Gasteiger partial charge in [-0.1, -0.05) is 0 Å². The number of rotatable bonds is 3. The Kier molecular flexibility index (Phi) is 2.48. The van der Waals surface area contributed by atoms with E-state index in [1.54, 1.807) is 17.7 Å². The largest absolute Gasteiger partial charge is 0.363 e. The van der Waals surface area contributed by atoms with E-state index >= 15 is 0 Å². The van der Waals surface area contributed by atoms with Crippen LogP contribution < -0.4 is 5.32 Å². The lowest BCUT2D eigenvalue weighted by molar-refractivity contribution is 0.310. The van der Waals surface area contributed by atoms with Crippen LogP contribution in [0.3, 0.4) is 0 Å². The van der Waals surface area contributed by atoms with Gasteiger partial charge in [0.15, 0.2) is 0 Å². The molecule has 0 aromatic carbocycles. The number of hydrogen-bond donors (Lipinski definition) is 1. The summed E-state index contributed by atoms with van der Waals surface area (Å²) in [6.45, 7) is 0. The Morgan fingerprint density at radius 2 is 2.31 bits per heavy atom. The van der Waals surface area contributed by atoms with Crippen LogP contribution in [0.15, 0.2) is 17.8 Å². The van der Waals surface area contributed by atoms with E-state index in [4.69, 9.17) is 11.6 Å². The summed E-state index contributed by atoms with van der Waals surface area (Å²) in [5.41, 5.74) is 0.0603. The lowest BCUT2D eigenvalue weighted by Gasteiger charge is -2.41. The van der Waals surface area contributed by atoms with Gasteiger partial charge >= 0.3 is 0 Å². The summed E-state index contributed by atoms with van der Waals surface area (Å²) in [6.07, 6.45) is 5.12. The summed E-state index contributed by atoms with van der Waals surface area (Å²) >= 11 is 7.67. The Balaban J connectivity index is 1.96. The zero-order valence-corrected chi connectivity index (χ0v) is 10.3. The molecular weight excluding hydrogens is 242 g/mol. The quantitative estimate of drug-likeness (QED) is 0.854. The van der Waals surface area contributed by atoms with Crippen LogP contribution >= 0.6 is 22.9 Å². The van der Waals surface area contributed by atoms with Gasteiger partial charge in [0, 0.05) is 5.88 Å². The van der Waals surface area contributed by atoms with Crippen molar-refractivity contribution in [2.75, 3.05) is 11.2 Å². The summed E-state index contributed by atoms with van der Waals surface area (Å²) in [5, 5.41) is 6.64. The molecule has 2 heterocycles. The fourth-order valence-electron chi connectivity index (χ4n) is 2.04. The molecule has 0 atom stereocenters. The van der Waals surface area contributed by atoms with Crippen molar-refractivity contribution < 1.29 is 0 Å². The van der Waals surface area contributed by atoms with Crippen LogP contribution in [0.5, 0.6) is 0 Å². The summed E-state index contributed by atoms with van der Waals surface area (Å²) in [4.78, 5) is 9.58. The van der Waals surface area contributed by atoms with Crippen LogP contribution in [0.2, 0.25) is 0 Å². The summed E-state index contributed by atoms with van der Waals surface area (Å²) < 4.78 is 0. The Labute approximate surface area is 103 Å². The Morgan fingerprint density at radius 1 is 1.44 bits per heavy atom. The van der Waals surface area contributed by atoms with Crippen LogP contribution in [0.4, 0.5) is 5.82 Å². The molecule has 3 rings (SSSR count). The van der Waals surface area contributed by atoms with Crippen LogP contribution in [-0.4, -0.2) is 21.4 Å². The molecule has 0 bridgehead atoms. The van der Waals surface area contributed by atoms with Crippen molar-refractivity contribution in [3.8, 4) is 0 Å². The standard InChI is InChI=1S/C11H12ClN3S/c12-6-11(3-1-4-11)15-9-8-2-5-16-10(8)14-7-13-9/h2,5,7H,1,3-4,6H2,(H,13,14,15). The van der Waals surface area contributed by atoms with Crippen molar-refractivity contribution >= 4 is 39.0 Å². The second-order valence-electron chi connectivity index (χ2n) is 4.25. The van der Waals surface area contributed by atoms with Crippen LogP contribution in [0, 0.1) is 0 Å². The predicted octanol–water partition coefficient (Wildman–Crippen LogP) is 3.26. The topological polar surface area (TPSA) is 37.8 Å². The third-order valence-corrected chi connectivity index (χ3v) is 4.54. The minimum absolute atomic E-state index is 0.0603. The maximum Gasteiger partial charge on any atom is 0.138 e. The molecule has 2 aromatic rings. The van der Waals surface area contributed by atoms with Gasteiger partial charge in [-0.15, -0.1) is 22.9 Å². The van der Waals surface area contributed by atoms with E-state index < -0.39 is 0 Å². The molecule has 1 aliphatic carbocycles. The lowest BCUT2D eigenvalue weighted by Crippen LogP contribution is -2.47. The highest BCUT2D eigenvalue weighted by Gasteiger charge is 2.36. The Hall–Kier alpha value is -0.870. The Bertz CT molecular complexity index is 501. The normalized spacial score (nSPS) is 18.3. The van der Waals surface area contributed by atoms with Crippen molar-refractivity contribution in [3.63, 3.8) is 0 Å². The molecule has 16 heavy (non-hydrogen) atoms. The number of fused-ring (bicyclic) bond motifs is 1. The number of aromatic nitrogens is 2. The van der Waals surface area contributed by atoms with Crippen molar-refractivity contribution in [3.05, 3.63) is 17.8 Å². The van der Waals surface area contributed by atoms with Gasteiger partial charge in [0.2, 0.25) is 0 Å². The van der Waals surface area contributed by atoms with Gasteiger partial charge < -0.3 is 5.32 Å². The van der Waals surface area contributed by atoms with Crippen molar-refractivity contribution in [1.29, 1.82) is 0 Å². The molecule has 1 aliphatic rings. The lowest BCUT2D eigenvalue weighted by atomic mass is 9.78. The number of nitrogens with zero attached hydrogens (tertiary/aromatic N) is 2. The van der Waals surface area contributed by atoms with Gasteiger partial charge in [-0.05, 0) is 30.7 Å². The van der Waals surface area contributed by atoms with E-state index in [1.807, 2.05) is 5.38 Å².